The van der Waals surface area contributed by atoms with E-state index in [2.05, 4.69) is 13.8 Å². The Balaban J connectivity index is 3.45. The molecule has 0 radical (unpaired) electrons. The number of carboxylic acids is 2. The Labute approximate surface area is 160 Å². The van der Waals surface area contributed by atoms with Gasteiger partial charge in [0.05, 0.1) is 12.3 Å². The fourth-order valence-electron chi connectivity index (χ4n) is 3.53. The Morgan fingerprint density at radius 1 is 0.692 bits per heavy atom. The maximum Gasteiger partial charge on any atom is 0.307 e. The highest BCUT2D eigenvalue weighted by Gasteiger charge is 2.20. The van der Waals surface area contributed by atoms with E-state index in [4.69, 9.17) is 10.2 Å². The molecule has 0 aromatic heterocycles. The molecule has 0 rings (SSSR count). The first-order valence-corrected chi connectivity index (χ1v) is 10.9. The average molecular weight is 371 g/mol. The van der Waals surface area contributed by atoms with E-state index in [9.17, 15) is 9.59 Å². The normalized spacial score (nSPS) is 13.5. The summed E-state index contributed by atoms with van der Waals surface area (Å²) in [6.07, 6.45) is 17.9. The van der Waals surface area contributed by atoms with Crippen LogP contribution in [0.25, 0.3) is 0 Å². The first-order chi connectivity index (χ1) is 12.5. The van der Waals surface area contributed by atoms with Crippen LogP contribution < -0.4 is 0 Å². The van der Waals surface area contributed by atoms with Gasteiger partial charge < -0.3 is 10.2 Å². The van der Waals surface area contributed by atoms with Gasteiger partial charge in [-0.2, -0.15) is 0 Å². The summed E-state index contributed by atoms with van der Waals surface area (Å²) >= 11 is 0. The van der Waals surface area contributed by atoms with Crippen molar-refractivity contribution in [3.63, 3.8) is 0 Å². The molecule has 0 bridgehead atoms. The number of unbranched alkanes of at least 4 members (excludes halogenated alkanes) is 10. The van der Waals surface area contributed by atoms with Crippen LogP contribution in [0.5, 0.6) is 0 Å². The topological polar surface area (TPSA) is 74.6 Å². The summed E-state index contributed by atoms with van der Waals surface area (Å²) in [7, 11) is 0. The van der Waals surface area contributed by atoms with Crippen LogP contribution in [0.3, 0.4) is 0 Å². The standard InChI is InChI=1S/C22H42O4/c1-3-4-5-6-7-9-12-15-19(2)16-13-10-8-11-14-17-20(22(25)26)18-21(23)24/h19-20H,3-18H2,1-2H3,(H,23,24)(H,25,26). The molecule has 0 aliphatic carbocycles. The van der Waals surface area contributed by atoms with Gasteiger partial charge in [0.25, 0.3) is 0 Å². The molecule has 0 spiro atoms. The summed E-state index contributed by atoms with van der Waals surface area (Å²) in [5.74, 6) is -1.91. The smallest absolute Gasteiger partial charge is 0.307 e. The first-order valence-electron chi connectivity index (χ1n) is 10.9. The first kappa shape index (κ1) is 24.9. The minimum absolute atomic E-state index is 0.258. The van der Waals surface area contributed by atoms with E-state index in [0.29, 0.717) is 6.42 Å². The van der Waals surface area contributed by atoms with Crippen molar-refractivity contribution in [1.29, 1.82) is 0 Å². The molecule has 2 unspecified atom stereocenters. The maximum atomic E-state index is 11.0. The zero-order chi connectivity index (χ0) is 19.6. The fourth-order valence-corrected chi connectivity index (χ4v) is 3.53. The SMILES string of the molecule is CCCCCCCCCC(C)CCCCCCCC(CC(=O)O)C(=O)O. The van der Waals surface area contributed by atoms with Gasteiger partial charge in [0.2, 0.25) is 0 Å². The van der Waals surface area contributed by atoms with E-state index >= 15 is 0 Å². The Morgan fingerprint density at radius 2 is 1.12 bits per heavy atom. The van der Waals surface area contributed by atoms with E-state index < -0.39 is 17.9 Å². The summed E-state index contributed by atoms with van der Waals surface area (Å²) in [4.78, 5) is 21.6. The van der Waals surface area contributed by atoms with Gasteiger partial charge in [-0.05, 0) is 12.3 Å². The summed E-state index contributed by atoms with van der Waals surface area (Å²) in [5, 5.41) is 17.7. The summed E-state index contributed by atoms with van der Waals surface area (Å²) in [6.45, 7) is 4.62. The van der Waals surface area contributed by atoms with Gasteiger partial charge in [-0.1, -0.05) is 104 Å². The molecule has 0 aliphatic rings. The minimum atomic E-state index is -1.02. The van der Waals surface area contributed by atoms with Crippen LogP contribution in [0.4, 0.5) is 0 Å². The third-order valence-corrected chi connectivity index (χ3v) is 5.32. The summed E-state index contributed by atoms with van der Waals surface area (Å²) in [6, 6.07) is 0. The largest absolute Gasteiger partial charge is 0.481 e. The minimum Gasteiger partial charge on any atom is -0.481 e. The third-order valence-electron chi connectivity index (χ3n) is 5.32. The van der Waals surface area contributed by atoms with Crippen molar-refractivity contribution >= 4 is 11.9 Å². The fraction of sp³-hybridized carbons (Fsp3) is 0.909. The second-order valence-electron chi connectivity index (χ2n) is 7.99. The number of carboxylic acid groups (broad SMARTS) is 2. The zero-order valence-electron chi connectivity index (χ0n) is 17.2. The lowest BCUT2D eigenvalue weighted by atomic mass is 9.95. The van der Waals surface area contributed by atoms with Gasteiger partial charge in [0.1, 0.15) is 0 Å². The van der Waals surface area contributed by atoms with Crippen LogP contribution in [0.15, 0.2) is 0 Å². The molecule has 0 aromatic rings. The molecule has 154 valence electrons. The predicted octanol–water partition coefficient (Wildman–Crippen LogP) is 6.67. The third kappa shape index (κ3) is 16.4. The van der Waals surface area contributed by atoms with Crippen molar-refractivity contribution in [2.75, 3.05) is 0 Å². The summed E-state index contributed by atoms with van der Waals surface area (Å²) < 4.78 is 0. The molecule has 26 heavy (non-hydrogen) atoms. The van der Waals surface area contributed by atoms with E-state index in [0.717, 1.165) is 25.2 Å². The number of rotatable bonds is 19. The Morgan fingerprint density at radius 3 is 1.54 bits per heavy atom. The second-order valence-corrected chi connectivity index (χ2v) is 7.99. The Bertz CT molecular complexity index is 354. The molecule has 4 nitrogen and oxygen atoms in total. The van der Waals surface area contributed by atoms with Gasteiger partial charge in [0, 0.05) is 0 Å². The number of carbonyl (C=O) groups is 2. The van der Waals surface area contributed by atoms with E-state index in [-0.39, 0.29) is 6.42 Å². The molecule has 0 saturated carbocycles. The van der Waals surface area contributed by atoms with E-state index in [1.807, 2.05) is 0 Å². The molecule has 0 fully saturated rings. The van der Waals surface area contributed by atoms with Gasteiger partial charge in [-0.25, -0.2) is 0 Å². The van der Waals surface area contributed by atoms with Crippen molar-refractivity contribution in [3.8, 4) is 0 Å². The van der Waals surface area contributed by atoms with Crippen molar-refractivity contribution in [3.05, 3.63) is 0 Å². The highest BCUT2D eigenvalue weighted by molar-refractivity contribution is 5.77. The number of aliphatic carboxylic acids is 2. The Kier molecular flexibility index (Phi) is 16.7. The maximum absolute atomic E-state index is 11.0. The highest BCUT2D eigenvalue weighted by atomic mass is 16.4. The number of hydrogen-bond donors (Lipinski definition) is 2. The van der Waals surface area contributed by atoms with E-state index in [1.165, 1.54) is 70.6 Å². The average Bonchev–Trinajstić information content (AvgIpc) is 2.58. The lowest BCUT2D eigenvalue weighted by Crippen LogP contribution is -2.17. The number of hydrogen-bond acceptors (Lipinski definition) is 2. The van der Waals surface area contributed by atoms with Crippen LogP contribution >= 0.6 is 0 Å². The molecular weight excluding hydrogens is 328 g/mol. The quantitative estimate of drug-likeness (QED) is 0.249. The van der Waals surface area contributed by atoms with Crippen LogP contribution in [-0.2, 0) is 9.59 Å². The van der Waals surface area contributed by atoms with Gasteiger partial charge in [-0.3, -0.25) is 9.59 Å². The Hall–Kier alpha value is -1.06. The molecule has 0 aromatic carbocycles. The lowest BCUT2D eigenvalue weighted by molar-refractivity contribution is -0.148. The molecule has 2 atom stereocenters. The van der Waals surface area contributed by atoms with Crippen LogP contribution in [-0.4, -0.2) is 22.2 Å². The molecule has 0 aliphatic heterocycles. The van der Waals surface area contributed by atoms with Gasteiger partial charge in [-0.15, -0.1) is 0 Å². The molecule has 0 heterocycles. The predicted molar refractivity (Wildman–Crippen MR) is 107 cm³/mol. The lowest BCUT2D eigenvalue weighted by Gasteiger charge is -2.11. The molecule has 0 saturated heterocycles. The summed E-state index contributed by atoms with van der Waals surface area (Å²) in [5.41, 5.74) is 0. The van der Waals surface area contributed by atoms with Crippen molar-refractivity contribution < 1.29 is 19.8 Å². The van der Waals surface area contributed by atoms with Crippen molar-refractivity contribution in [2.45, 2.75) is 117 Å². The highest BCUT2D eigenvalue weighted by Crippen LogP contribution is 2.19. The molecule has 2 N–H and O–H groups in total. The molecule has 4 heteroatoms. The van der Waals surface area contributed by atoms with Gasteiger partial charge >= 0.3 is 11.9 Å². The van der Waals surface area contributed by atoms with E-state index in [1.54, 1.807) is 0 Å². The molecule has 0 amide bonds. The monoisotopic (exact) mass is 370 g/mol. The zero-order valence-corrected chi connectivity index (χ0v) is 17.2. The molecular formula is C22H42O4. The van der Waals surface area contributed by atoms with Crippen molar-refractivity contribution in [2.24, 2.45) is 11.8 Å². The van der Waals surface area contributed by atoms with Crippen molar-refractivity contribution in [1.82, 2.24) is 0 Å². The van der Waals surface area contributed by atoms with Crippen LogP contribution in [0.2, 0.25) is 0 Å². The van der Waals surface area contributed by atoms with Crippen LogP contribution in [0.1, 0.15) is 117 Å². The van der Waals surface area contributed by atoms with Crippen LogP contribution in [0, 0.1) is 11.8 Å². The van der Waals surface area contributed by atoms with Gasteiger partial charge in [0.15, 0.2) is 0 Å². The second kappa shape index (κ2) is 17.4.